The van der Waals surface area contributed by atoms with E-state index in [1.54, 1.807) is 18.2 Å². The molecule has 0 saturated carbocycles. The molecule has 0 amide bonds. The van der Waals surface area contributed by atoms with E-state index in [9.17, 15) is 9.50 Å². The maximum absolute atomic E-state index is 13.2. The van der Waals surface area contributed by atoms with Crippen LogP contribution in [0.15, 0.2) is 54.6 Å². The molecule has 0 unspecified atom stereocenters. The minimum absolute atomic E-state index is 0.239. The predicted octanol–water partition coefficient (Wildman–Crippen LogP) is 6.15. The Labute approximate surface area is 194 Å². The van der Waals surface area contributed by atoms with Crippen molar-refractivity contribution in [2.45, 2.75) is 32.6 Å². The number of aryl methyl sites for hydroxylation is 1. The fraction of sp³-hybridized carbons (Fsp3) is 0.333. The number of ether oxygens (including phenoxy) is 1. The average Bonchev–Trinajstić information content (AvgIpc) is 3.28. The summed E-state index contributed by atoms with van der Waals surface area (Å²) in [4.78, 5) is 2.43. The van der Waals surface area contributed by atoms with E-state index < -0.39 is 0 Å². The molecule has 0 atom stereocenters. The molecule has 5 heteroatoms. The first-order valence-electron chi connectivity index (χ1n) is 11.2. The Hall–Kier alpha value is -2.56. The molecule has 1 aliphatic heterocycles. The van der Waals surface area contributed by atoms with Crippen molar-refractivity contribution in [3.63, 3.8) is 0 Å². The summed E-state index contributed by atoms with van der Waals surface area (Å²) in [7, 11) is 0. The van der Waals surface area contributed by atoms with E-state index in [0.29, 0.717) is 24.5 Å². The zero-order chi connectivity index (χ0) is 22.5. The monoisotopic (exact) mass is 453 g/mol. The minimum Gasteiger partial charge on any atom is -0.508 e. The molecule has 1 N–H and O–H groups in total. The minimum atomic E-state index is -0.264. The first-order chi connectivity index (χ1) is 15.5. The van der Waals surface area contributed by atoms with Gasteiger partial charge in [0, 0.05) is 18.0 Å². The fourth-order valence-electron chi connectivity index (χ4n) is 4.27. The summed E-state index contributed by atoms with van der Waals surface area (Å²) >= 11 is 6.63. The van der Waals surface area contributed by atoms with Crippen LogP contribution in [0.3, 0.4) is 0 Å². The number of rotatable bonds is 8. The molecule has 32 heavy (non-hydrogen) atoms. The highest BCUT2D eigenvalue weighted by Gasteiger charge is 2.13. The molecule has 3 nitrogen and oxygen atoms in total. The van der Waals surface area contributed by atoms with Crippen LogP contribution in [0.2, 0.25) is 5.02 Å². The van der Waals surface area contributed by atoms with Crippen molar-refractivity contribution >= 4 is 11.6 Å². The SMILES string of the molecule is Cc1cc(OCCN2CCCC2)cc(Cl)c1Cc1ccc(O)c(Cc2ccc(F)cc2)c1. The van der Waals surface area contributed by atoms with Gasteiger partial charge in [0.25, 0.3) is 0 Å². The number of phenolic OH excluding ortho intramolecular Hbond substituents is 1. The lowest BCUT2D eigenvalue weighted by Gasteiger charge is -2.16. The van der Waals surface area contributed by atoms with Gasteiger partial charge in [0.2, 0.25) is 0 Å². The van der Waals surface area contributed by atoms with Crippen LogP contribution < -0.4 is 4.74 Å². The first kappa shape index (κ1) is 22.6. The van der Waals surface area contributed by atoms with E-state index in [1.807, 2.05) is 31.2 Å². The van der Waals surface area contributed by atoms with Gasteiger partial charge in [0.1, 0.15) is 23.9 Å². The molecule has 168 valence electrons. The molecular weight excluding hydrogens is 425 g/mol. The van der Waals surface area contributed by atoms with Crippen molar-refractivity contribution in [1.82, 2.24) is 4.90 Å². The quantitative estimate of drug-likeness (QED) is 0.444. The molecule has 4 rings (SSSR count). The number of benzene rings is 3. The second-order valence-corrected chi connectivity index (χ2v) is 8.95. The van der Waals surface area contributed by atoms with E-state index in [4.69, 9.17) is 16.3 Å². The zero-order valence-electron chi connectivity index (χ0n) is 18.4. The van der Waals surface area contributed by atoms with Crippen LogP contribution in [0.1, 0.15) is 40.7 Å². The number of phenols is 1. The number of hydrogen-bond acceptors (Lipinski definition) is 3. The van der Waals surface area contributed by atoms with Gasteiger partial charge in [-0.1, -0.05) is 35.9 Å². The van der Waals surface area contributed by atoms with Crippen LogP contribution in [-0.2, 0) is 12.8 Å². The number of likely N-dealkylation sites (tertiary alicyclic amines) is 1. The molecule has 3 aromatic carbocycles. The van der Waals surface area contributed by atoms with Gasteiger partial charge in [-0.2, -0.15) is 0 Å². The molecule has 0 bridgehead atoms. The van der Waals surface area contributed by atoms with Gasteiger partial charge in [-0.3, -0.25) is 4.90 Å². The van der Waals surface area contributed by atoms with Crippen molar-refractivity contribution in [3.05, 3.63) is 93.3 Å². The third-order valence-electron chi connectivity index (χ3n) is 6.10. The number of aromatic hydroxyl groups is 1. The van der Waals surface area contributed by atoms with Crippen LogP contribution in [0.5, 0.6) is 11.5 Å². The lowest BCUT2D eigenvalue weighted by molar-refractivity contribution is 0.237. The lowest BCUT2D eigenvalue weighted by Crippen LogP contribution is -2.25. The molecule has 1 fully saturated rings. The molecular formula is C27H29ClFNO2. The summed E-state index contributed by atoms with van der Waals surface area (Å²) in [5.74, 6) is 0.779. The first-order valence-corrected chi connectivity index (χ1v) is 11.5. The normalized spacial score (nSPS) is 14.1. The van der Waals surface area contributed by atoms with Gasteiger partial charge in [0.15, 0.2) is 0 Å². The Morgan fingerprint density at radius 3 is 2.41 bits per heavy atom. The van der Waals surface area contributed by atoms with Gasteiger partial charge >= 0.3 is 0 Å². The number of hydrogen-bond donors (Lipinski definition) is 1. The molecule has 1 saturated heterocycles. The maximum Gasteiger partial charge on any atom is 0.123 e. The van der Waals surface area contributed by atoms with Crippen LogP contribution >= 0.6 is 11.6 Å². The molecule has 3 aromatic rings. The zero-order valence-corrected chi connectivity index (χ0v) is 19.2. The highest BCUT2D eigenvalue weighted by molar-refractivity contribution is 6.31. The number of nitrogens with zero attached hydrogens (tertiary/aromatic N) is 1. The third-order valence-corrected chi connectivity index (χ3v) is 6.44. The van der Waals surface area contributed by atoms with Crippen LogP contribution in [0.25, 0.3) is 0 Å². The van der Waals surface area contributed by atoms with Gasteiger partial charge in [0.05, 0.1) is 0 Å². The van der Waals surface area contributed by atoms with E-state index in [-0.39, 0.29) is 11.6 Å². The Bertz CT molecular complexity index is 1040. The van der Waals surface area contributed by atoms with Crippen molar-refractivity contribution in [1.29, 1.82) is 0 Å². The van der Waals surface area contributed by atoms with Gasteiger partial charge in [-0.05, 0) is 97.4 Å². The van der Waals surface area contributed by atoms with Crippen molar-refractivity contribution in [3.8, 4) is 11.5 Å². The number of halogens is 2. The molecule has 0 aromatic heterocycles. The topological polar surface area (TPSA) is 32.7 Å². The van der Waals surface area contributed by atoms with E-state index in [2.05, 4.69) is 4.90 Å². The molecule has 1 aliphatic rings. The van der Waals surface area contributed by atoms with Crippen LogP contribution in [0, 0.1) is 12.7 Å². The molecule has 0 aliphatic carbocycles. The van der Waals surface area contributed by atoms with Crippen molar-refractivity contribution in [2.24, 2.45) is 0 Å². The summed E-state index contributed by atoms with van der Waals surface area (Å²) in [5.41, 5.74) is 4.96. The Kier molecular flexibility index (Phi) is 7.33. The third kappa shape index (κ3) is 5.81. The maximum atomic E-state index is 13.2. The summed E-state index contributed by atoms with van der Waals surface area (Å²) in [6.45, 7) is 5.99. The summed E-state index contributed by atoms with van der Waals surface area (Å²) in [5, 5.41) is 11.0. The second-order valence-electron chi connectivity index (χ2n) is 8.54. The Balaban J connectivity index is 1.44. The van der Waals surface area contributed by atoms with Crippen LogP contribution in [0.4, 0.5) is 4.39 Å². The van der Waals surface area contributed by atoms with Gasteiger partial charge in [-0.25, -0.2) is 4.39 Å². The summed E-state index contributed by atoms with van der Waals surface area (Å²) < 4.78 is 19.1. The summed E-state index contributed by atoms with van der Waals surface area (Å²) in [6, 6.07) is 15.9. The standard InChI is InChI=1S/C27H29ClFNO2/c1-19-14-24(32-13-12-30-10-2-3-11-30)18-26(28)25(19)17-21-6-9-27(31)22(16-21)15-20-4-7-23(29)8-5-20/h4-9,14,16,18,31H,2-3,10-13,15,17H2,1H3. The highest BCUT2D eigenvalue weighted by Crippen LogP contribution is 2.30. The smallest absolute Gasteiger partial charge is 0.123 e. The van der Waals surface area contributed by atoms with Crippen molar-refractivity contribution < 1.29 is 14.2 Å². The van der Waals surface area contributed by atoms with Gasteiger partial charge in [-0.15, -0.1) is 0 Å². The van der Waals surface area contributed by atoms with E-state index in [0.717, 1.165) is 53.2 Å². The average molecular weight is 454 g/mol. The lowest BCUT2D eigenvalue weighted by atomic mass is 9.96. The molecule has 0 radical (unpaired) electrons. The van der Waals surface area contributed by atoms with E-state index in [1.165, 1.54) is 25.0 Å². The van der Waals surface area contributed by atoms with Crippen molar-refractivity contribution in [2.75, 3.05) is 26.2 Å². The Morgan fingerprint density at radius 2 is 1.69 bits per heavy atom. The molecule has 0 spiro atoms. The second kappa shape index (κ2) is 10.4. The van der Waals surface area contributed by atoms with Crippen LogP contribution in [-0.4, -0.2) is 36.2 Å². The highest BCUT2D eigenvalue weighted by atomic mass is 35.5. The summed E-state index contributed by atoms with van der Waals surface area (Å²) in [6.07, 6.45) is 3.76. The molecule has 1 heterocycles. The predicted molar refractivity (Wildman–Crippen MR) is 127 cm³/mol. The Morgan fingerprint density at radius 1 is 0.969 bits per heavy atom. The van der Waals surface area contributed by atoms with Gasteiger partial charge < -0.3 is 9.84 Å². The largest absolute Gasteiger partial charge is 0.508 e. The van der Waals surface area contributed by atoms with E-state index >= 15 is 0 Å². The fourth-order valence-corrected chi connectivity index (χ4v) is 4.59.